The van der Waals surface area contributed by atoms with Gasteiger partial charge in [0.25, 0.3) is 0 Å². The Bertz CT molecular complexity index is 482. The lowest BCUT2D eigenvalue weighted by molar-refractivity contribution is 1.00. The first-order valence-corrected chi connectivity index (χ1v) is 5.33. The minimum atomic E-state index is 0.0594. The normalized spacial score (nSPS) is 12.1. The van der Waals surface area contributed by atoms with Crippen LogP contribution in [-0.4, -0.2) is 9.97 Å². The number of rotatable bonds is 3. The van der Waals surface area contributed by atoms with Gasteiger partial charge in [0.1, 0.15) is 5.15 Å². The van der Waals surface area contributed by atoms with E-state index in [0.29, 0.717) is 5.15 Å². The molecule has 0 bridgehead atoms. The van der Waals surface area contributed by atoms with Gasteiger partial charge in [-0.25, -0.2) is 4.98 Å². The molecule has 0 radical (unpaired) electrons. The molecule has 2 nitrogen and oxygen atoms in total. The number of pyridine rings is 2. The summed E-state index contributed by atoms with van der Waals surface area (Å²) in [6, 6.07) is 7.74. The Morgan fingerprint density at radius 1 is 1.19 bits per heavy atom. The van der Waals surface area contributed by atoms with Crippen molar-refractivity contribution in [2.75, 3.05) is 0 Å². The Balaban J connectivity index is 2.45. The van der Waals surface area contributed by atoms with Crippen molar-refractivity contribution in [1.29, 1.82) is 0 Å². The fourth-order valence-corrected chi connectivity index (χ4v) is 1.88. The van der Waals surface area contributed by atoms with Gasteiger partial charge in [-0.05, 0) is 23.8 Å². The molecule has 2 heterocycles. The predicted molar refractivity (Wildman–Crippen MR) is 65.5 cm³/mol. The molecule has 0 aliphatic carbocycles. The summed E-state index contributed by atoms with van der Waals surface area (Å²) in [7, 11) is 0. The highest BCUT2D eigenvalue weighted by Crippen LogP contribution is 2.29. The standard InChI is InChI=1S/C13H11ClN2/c1-2-11(10-5-8-15-9-6-10)12-4-3-7-16-13(12)14/h2-9,11H,1H2. The predicted octanol–water partition coefficient (Wildman–Crippen LogP) is 3.45. The molecule has 0 amide bonds. The van der Waals surface area contributed by atoms with E-state index in [9.17, 15) is 0 Å². The minimum Gasteiger partial charge on any atom is -0.265 e. The van der Waals surface area contributed by atoms with Crippen LogP contribution in [0.25, 0.3) is 0 Å². The maximum Gasteiger partial charge on any atom is 0.133 e. The molecule has 80 valence electrons. The lowest BCUT2D eigenvalue weighted by Crippen LogP contribution is -1.99. The Labute approximate surface area is 99.6 Å². The van der Waals surface area contributed by atoms with Crippen LogP contribution in [0.3, 0.4) is 0 Å². The summed E-state index contributed by atoms with van der Waals surface area (Å²) in [5.74, 6) is 0.0594. The number of allylic oxidation sites excluding steroid dienone is 1. The number of hydrogen-bond donors (Lipinski definition) is 0. The molecule has 0 saturated heterocycles. The van der Waals surface area contributed by atoms with Gasteiger partial charge in [-0.15, -0.1) is 6.58 Å². The fraction of sp³-hybridized carbons (Fsp3) is 0.0769. The maximum absolute atomic E-state index is 6.07. The summed E-state index contributed by atoms with van der Waals surface area (Å²) >= 11 is 6.07. The van der Waals surface area contributed by atoms with Gasteiger partial charge in [0.15, 0.2) is 0 Å². The van der Waals surface area contributed by atoms with E-state index in [1.165, 1.54) is 0 Å². The zero-order chi connectivity index (χ0) is 11.4. The monoisotopic (exact) mass is 230 g/mol. The lowest BCUT2D eigenvalue weighted by atomic mass is 9.93. The highest BCUT2D eigenvalue weighted by molar-refractivity contribution is 6.30. The van der Waals surface area contributed by atoms with Crippen molar-refractivity contribution in [3.8, 4) is 0 Å². The van der Waals surface area contributed by atoms with E-state index < -0.39 is 0 Å². The van der Waals surface area contributed by atoms with Crippen molar-refractivity contribution in [2.24, 2.45) is 0 Å². The summed E-state index contributed by atoms with van der Waals surface area (Å²) in [6.07, 6.45) is 7.06. The first kappa shape index (κ1) is 10.8. The average molecular weight is 231 g/mol. The summed E-state index contributed by atoms with van der Waals surface area (Å²) < 4.78 is 0. The second-order valence-electron chi connectivity index (χ2n) is 3.38. The minimum absolute atomic E-state index is 0.0594. The van der Waals surface area contributed by atoms with Crippen LogP contribution in [0.1, 0.15) is 17.0 Å². The van der Waals surface area contributed by atoms with Crippen molar-refractivity contribution in [2.45, 2.75) is 5.92 Å². The molecule has 3 heteroatoms. The number of nitrogens with zero attached hydrogens (tertiary/aromatic N) is 2. The summed E-state index contributed by atoms with van der Waals surface area (Å²) in [4.78, 5) is 8.07. The van der Waals surface area contributed by atoms with Crippen LogP contribution < -0.4 is 0 Å². The lowest BCUT2D eigenvalue weighted by Gasteiger charge is -2.13. The number of aromatic nitrogens is 2. The third kappa shape index (κ3) is 2.12. The third-order valence-corrected chi connectivity index (χ3v) is 2.74. The van der Waals surface area contributed by atoms with E-state index >= 15 is 0 Å². The van der Waals surface area contributed by atoms with Crippen LogP contribution in [0.15, 0.2) is 55.5 Å². The highest BCUT2D eigenvalue weighted by atomic mass is 35.5. The van der Waals surface area contributed by atoms with E-state index in [1.807, 2.05) is 30.3 Å². The van der Waals surface area contributed by atoms with Crippen LogP contribution in [0, 0.1) is 0 Å². The van der Waals surface area contributed by atoms with Gasteiger partial charge in [0.05, 0.1) is 0 Å². The van der Waals surface area contributed by atoms with Crippen LogP contribution in [-0.2, 0) is 0 Å². The van der Waals surface area contributed by atoms with Gasteiger partial charge in [-0.3, -0.25) is 4.98 Å². The molecule has 0 spiro atoms. The van der Waals surface area contributed by atoms with Crippen LogP contribution in [0.4, 0.5) is 0 Å². The molecule has 2 rings (SSSR count). The molecular weight excluding hydrogens is 220 g/mol. The van der Waals surface area contributed by atoms with Crippen LogP contribution in [0.5, 0.6) is 0 Å². The smallest absolute Gasteiger partial charge is 0.133 e. The Hall–Kier alpha value is -1.67. The summed E-state index contributed by atoms with van der Waals surface area (Å²) in [5, 5.41) is 0.518. The van der Waals surface area contributed by atoms with Crippen molar-refractivity contribution < 1.29 is 0 Å². The second kappa shape index (κ2) is 4.90. The maximum atomic E-state index is 6.07. The first-order valence-electron chi connectivity index (χ1n) is 4.96. The van der Waals surface area contributed by atoms with E-state index in [2.05, 4.69) is 16.5 Å². The van der Waals surface area contributed by atoms with Crippen molar-refractivity contribution in [3.05, 3.63) is 71.8 Å². The molecule has 0 saturated carbocycles. The van der Waals surface area contributed by atoms with Gasteiger partial charge in [0.2, 0.25) is 0 Å². The molecule has 0 aliphatic heterocycles. The van der Waals surface area contributed by atoms with E-state index in [1.54, 1.807) is 18.6 Å². The molecular formula is C13H11ClN2. The van der Waals surface area contributed by atoms with E-state index in [4.69, 9.17) is 11.6 Å². The van der Waals surface area contributed by atoms with Gasteiger partial charge in [-0.1, -0.05) is 23.7 Å². The summed E-state index contributed by atoms with van der Waals surface area (Å²) in [5.41, 5.74) is 2.07. The first-order chi connectivity index (χ1) is 7.83. The van der Waals surface area contributed by atoms with Crippen molar-refractivity contribution >= 4 is 11.6 Å². The molecule has 1 atom stereocenters. The molecule has 0 N–H and O–H groups in total. The largest absolute Gasteiger partial charge is 0.265 e. The second-order valence-corrected chi connectivity index (χ2v) is 3.74. The van der Waals surface area contributed by atoms with Crippen LogP contribution in [0.2, 0.25) is 5.15 Å². The SMILES string of the molecule is C=CC(c1ccncc1)c1cccnc1Cl. The molecule has 0 fully saturated rings. The molecule has 1 unspecified atom stereocenters. The van der Waals surface area contributed by atoms with Crippen molar-refractivity contribution in [3.63, 3.8) is 0 Å². The molecule has 16 heavy (non-hydrogen) atoms. The van der Waals surface area contributed by atoms with Gasteiger partial charge in [-0.2, -0.15) is 0 Å². The number of halogens is 1. The Morgan fingerprint density at radius 2 is 1.94 bits per heavy atom. The van der Waals surface area contributed by atoms with E-state index in [-0.39, 0.29) is 5.92 Å². The van der Waals surface area contributed by atoms with E-state index in [0.717, 1.165) is 11.1 Å². The molecule has 2 aromatic rings. The zero-order valence-corrected chi connectivity index (χ0v) is 9.43. The fourth-order valence-electron chi connectivity index (χ4n) is 1.64. The number of hydrogen-bond acceptors (Lipinski definition) is 2. The topological polar surface area (TPSA) is 25.8 Å². The molecule has 2 aromatic heterocycles. The van der Waals surface area contributed by atoms with Gasteiger partial charge < -0.3 is 0 Å². The van der Waals surface area contributed by atoms with Crippen molar-refractivity contribution in [1.82, 2.24) is 9.97 Å². The molecule has 0 aliphatic rings. The Morgan fingerprint density at radius 3 is 2.56 bits per heavy atom. The molecule has 0 aromatic carbocycles. The zero-order valence-electron chi connectivity index (χ0n) is 8.68. The quantitative estimate of drug-likeness (QED) is 0.596. The van der Waals surface area contributed by atoms with Crippen LogP contribution >= 0.6 is 11.6 Å². The average Bonchev–Trinajstić information content (AvgIpc) is 2.34. The summed E-state index contributed by atoms with van der Waals surface area (Å²) in [6.45, 7) is 3.85. The van der Waals surface area contributed by atoms with Gasteiger partial charge in [0, 0.05) is 30.1 Å². The van der Waals surface area contributed by atoms with Gasteiger partial charge >= 0.3 is 0 Å². The highest BCUT2D eigenvalue weighted by Gasteiger charge is 2.13. The Kier molecular flexibility index (Phi) is 3.32. The third-order valence-electron chi connectivity index (χ3n) is 2.42.